The lowest BCUT2D eigenvalue weighted by Gasteiger charge is -2.13. The third-order valence-corrected chi connectivity index (χ3v) is 2.77. The second kappa shape index (κ2) is 5.54. The van der Waals surface area contributed by atoms with E-state index in [1.54, 1.807) is 0 Å². The summed E-state index contributed by atoms with van der Waals surface area (Å²) in [6.45, 7) is 10.0. The van der Waals surface area contributed by atoms with Crippen molar-refractivity contribution >= 4 is 22.6 Å². The monoisotopic (exact) mass is 316 g/mol. The van der Waals surface area contributed by atoms with Crippen molar-refractivity contribution in [1.82, 2.24) is 0 Å². The van der Waals surface area contributed by atoms with Crippen LogP contribution >= 0.6 is 22.6 Å². The highest BCUT2D eigenvalue weighted by Crippen LogP contribution is 2.25. The molecule has 0 amide bonds. The van der Waals surface area contributed by atoms with Crippen molar-refractivity contribution in [3.63, 3.8) is 0 Å². The van der Waals surface area contributed by atoms with Crippen molar-refractivity contribution in [2.75, 3.05) is 0 Å². The van der Waals surface area contributed by atoms with Crippen LogP contribution in [-0.4, -0.2) is 6.10 Å². The van der Waals surface area contributed by atoms with E-state index in [0.717, 1.165) is 5.75 Å². The minimum absolute atomic E-state index is 0.218. The first kappa shape index (κ1) is 12.6. The molecule has 1 atom stereocenters. The summed E-state index contributed by atoms with van der Waals surface area (Å²) < 4.78 is 6.89. The molecule has 1 rings (SSSR count). The van der Waals surface area contributed by atoms with Gasteiger partial charge in [0.05, 0.1) is 6.10 Å². The van der Waals surface area contributed by atoms with Crippen molar-refractivity contribution in [2.24, 2.45) is 0 Å². The molecule has 0 N–H and O–H groups in total. The average molecular weight is 316 g/mol. The van der Waals surface area contributed by atoms with Crippen molar-refractivity contribution in [1.29, 1.82) is 0 Å². The summed E-state index contributed by atoms with van der Waals surface area (Å²) in [5, 5.41) is 0. The van der Waals surface area contributed by atoms with E-state index < -0.39 is 0 Å². The first-order valence-corrected chi connectivity index (χ1v) is 6.20. The predicted molar refractivity (Wildman–Crippen MR) is 73.5 cm³/mol. The molecule has 0 aliphatic rings. The Morgan fingerprint density at radius 2 is 1.93 bits per heavy atom. The van der Waals surface area contributed by atoms with Gasteiger partial charge in [0.25, 0.3) is 0 Å². The van der Waals surface area contributed by atoms with Crippen molar-refractivity contribution in [3.05, 3.63) is 40.0 Å². The number of rotatable bonds is 4. The van der Waals surface area contributed by atoms with Crippen LogP contribution in [0.2, 0.25) is 0 Å². The van der Waals surface area contributed by atoms with E-state index in [2.05, 4.69) is 54.3 Å². The van der Waals surface area contributed by atoms with Crippen LogP contribution in [0.15, 0.2) is 30.9 Å². The quantitative estimate of drug-likeness (QED) is 0.592. The smallest absolute Gasteiger partial charge is 0.121 e. The van der Waals surface area contributed by atoms with Gasteiger partial charge in [-0.25, -0.2) is 0 Å². The fourth-order valence-corrected chi connectivity index (χ4v) is 1.99. The van der Waals surface area contributed by atoms with E-state index in [4.69, 9.17) is 4.74 Å². The molecular formula is C13H17IO. The van der Waals surface area contributed by atoms with E-state index in [-0.39, 0.29) is 6.10 Å². The molecule has 0 saturated heterocycles. The van der Waals surface area contributed by atoms with Gasteiger partial charge < -0.3 is 4.74 Å². The van der Waals surface area contributed by atoms with E-state index in [1.807, 2.05) is 19.9 Å². The van der Waals surface area contributed by atoms with Gasteiger partial charge >= 0.3 is 0 Å². The minimum Gasteiger partial charge on any atom is -0.491 e. The normalized spacial score (nSPS) is 12.6. The Labute approximate surface area is 106 Å². The molecule has 1 aromatic rings. The maximum atomic E-state index is 5.69. The molecule has 1 unspecified atom stereocenters. The predicted octanol–water partition coefficient (Wildman–Crippen LogP) is 4.37. The Morgan fingerprint density at radius 1 is 1.27 bits per heavy atom. The van der Waals surface area contributed by atoms with Crippen LogP contribution in [0, 0.1) is 3.57 Å². The van der Waals surface area contributed by atoms with Crippen molar-refractivity contribution < 1.29 is 4.74 Å². The summed E-state index contributed by atoms with van der Waals surface area (Å²) >= 11 is 2.31. The fourth-order valence-electron chi connectivity index (χ4n) is 1.32. The van der Waals surface area contributed by atoms with Gasteiger partial charge in [-0.2, -0.15) is 0 Å². The SMILES string of the molecule is C=CC(C)c1cc(I)cc(OC(C)C)c1. The van der Waals surface area contributed by atoms with Crippen molar-refractivity contribution in [3.8, 4) is 5.75 Å². The van der Waals surface area contributed by atoms with Crippen LogP contribution in [0.4, 0.5) is 0 Å². The van der Waals surface area contributed by atoms with Crippen LogP contribution < -0.4 is 4.74 Å². The van der Waals surface area contributed by atoms with Gasteiger partial charge in [0, 0.05) is 3.57 Å². The summed E-state index contributed by atoms with van der Waals surface area (Å²) in [6.07, 6.45) is 2.17. The Morgan fingerprint density at radius 3 is 2.47 bits per heavy atom. The zero-order valence-electron chi connectivity index (χ0n) is 9.46. The van der Waals surface area contributed by atoms with Crippen LogP contribution in [0.5, 0.6) is 5.75 Å². The molecule has 0 aromatic heterocycles. The number of benzene rings is 1. The highest BCUT2D eigenvalue weighted by Gasteiger charge is 2.06. The first-order chi connectivity index (χ1) is 7.02. The number of allylic oxidation sites excluding steroid dienone is 1. The molecule has 0 bridgehead atoms. The van der Waals surface area contributed by atoms with Gasteiger partial charge in [-0.05, 0) is 66.1 Å². The molecule has 0 fully saturated rings. The maximum absolute atomic E-state index is 5.69. The number of hydrogen-bond donors (Lipinski definition) is 0. The average Bonchev–Trinajstić information content (AvgIpc) is 2.14. The molecule has 1 nitrogen and oxygen atoms in total. The molecular weight excluding hydrogens is 299 g/mol. The van der Waals surface area contributed by atoms with Gasteiger partial charge in [-0.15, -0.1) is 6.58 Å². The first-order valence-electron chi connectivity index (χ1n) is 5.12. The van der Waals surface area contributed by atoms with E-state index >= 15 is 0 Å². The summed E-state index contributed by atoms with van der Waals surface area (Å²) in [6, 6.07) is 6.31. The van der Waals surface area contributed by atoms with Crippen LogP contribution in [-0.2, 0) is 0 Å². The van der Waals surface area contributed by atoms with E-state index in [0.29, 0.717) is 5.92 Å². The summed E-state index contributed by atoms with van der Waals surface area (Å²) in [7, 11) is 0. The molecule has 82 valence electrons. The largest absolute Gasteiger partial charge is 0.491 e. The number of ether oxygens (including phenoxy) is 1. The molecule has 15 heavy (non-hydrogen) atoms. The molecule has 0 aliphatic carbocycles. The third-order valence-electron chi connectivity index (χ3n) is 2.14. The molecule has 0 radical (unpaired) electrons. The molecule has 1 aromatic carbocycles. The third kappa shape index (κ3) is 3.86. The fraction of sp³-hybridized carbons (Fsp3) is 0.385. The van der Waals surface area contributed by atoms with Gasteiger partial charge in [0.2, 0.25) is 0 Å². The van der Waals surface area contributed by atoms with Gasteiger partial charge in [0.15, 0.2) is 0 Å². The van der Waals surface area contributed by atoms with E-state index in [9.17, 15) is 0 Å². The van der Waals surface area contributed by atoms with E-state index in [1.165, 1.54) is 9.13 Å². The molecule has 0 spiro atoms. The highest BCUT2D eigenvalue weighted by atomic mass is 127. The zero-order chi connectivity index (χ0) is 11.4. The standard InChI is InChI=1S/C13H17IO/c1-5-10(4)11-6-12(14)8-13(7-11)15-9(2)3/h5-10H,1H2,2-4H3. The number of hydrogen-bond acceptors (Lipinski definition) is 1. The summed E-state index contributed by atoms with van der Waals surface area (Å²) in [5.41, 5.74) is 1.26. The van der Waals surface area contributed by atoms with Crippen LogP contribution in [0.3, 0.4) is 0 Å². The second-order valence-electron chi connectivity index (χ2n) is 3.91. The van der Waals surface area contributed by atoms with Crippen LogP contribution in [0.1, 0.15) is 32.3 Å². The summed E-state index contributed by atoms with van der Waals surface area (Å²) in [5.74, 6) is 1.31. The maximum Gasteiger partial charge on any atom is 0.121 e. The molecule has 0 aliphatic heterocycles. The lowest BCUT2D eigenvalue weighted by atomic mass is 10.0. The Hall–Kier alpha value is -0.510. The molecule has 2 heteroatoms. The van der Waals surface area contributed by atoms with Gasteiger partial charge in [-0.3, -0.25) is 0 Å². The molecule has 0 saturated carbocycles. The summed E-state index contributed by atoms with van der Waals surface area (Å²) in [4.78, 5) is 0. The number of halogens is 1. The lowest BCUT2D eigenvalue weighted by molar-refractivity contribution is 0.242. The minimum atomic E-state index is 0.218. The second-order valence-corrected chi connectivity index (χ2v) is 5.16. The van der Waals surface area contributed by atoms with Crippen molar-refractivity contribution in [2.45, 2.75) is 32.8 Å². The van der Waals surface area contributed by atoms with Gasteiger partial charge in [0.1, 0.15) is 5.75 Å². The Bertz CT molecular complexity index is 344. The lowest BCUT2D eigenvalue weighted by Crippen LogP contribution is -2.06. The van der Waals surface area contributed by atoms with Crippen LogP contribution in [0.25, 0.3) is 0 Å². The topological polar surface area (TPSA) is 9.23 Å². The zero-order valence-corrected chi connectivity index (χ0v) is 11.6. The molecule has 0 heterocycles. The van der Waals surface area contributed by atoms with Gasteiger partial charge in [-0.1, -0.05) is 13.0 Å². The Kier molecular flexibility index (Phi) is 4.64. The Balaban J connectivity index is 2.99. The highest BCUT2D eigenvalue weighted by molar-refractivity contribution is 14.1.